The predicted octanol–water partition coefficient (Wildman–Crippen LogP) is 4.41. The van der Waals surface area contributed by atoms with E-state index in [0.29, 0.717) is 17.8 Å². The Labute approximate surface area is 152 Å². The molecule has 4 nitrogen and oxygen atoms in total. The van der Waals surface area contributed by atoms with Crippen LogP contribution in [-0.4, -0.2) is 11.8 Å². The second-order valence-electron chi connectivity index (χ2n) is 6.42. The van der Waals surface area contributed by atoms with Crippen LogP contribution in [0.15, 0.2) is 72.8 Å². The maximum atomic E-state index is 12.5. The smallest absolute Gasteiger partial charge is 0.258 e. The summed E-state index contributed by atoms with van der Waals surface area (Å²) in [5, 5.41) is 2.88. The average Bonchev–Trinajstić information content (AvgIpc) is 3.00. The second kappa shape index (κ2) is 6.48. The fourth-order valence-corrected chi connectivity index (χ4v) is 3.10. The van der Waals surface area contributed by atoms with Gasteiger partial charge in [-0.25, -0.2) is 0 Å². The van der Waals surface area contributed by atoms with E-state index < -0.39 is 0 Å². The number of rotatable bonds is 3. The van der Waals surface area contributed by atoms with Crippen molar-refractivity contribution < 1.29 is 9.59 Å². The number of benzene rings is 3. The number of carbonyl (C=O) groups excluding carboxylic acids is 2. The third-order valence-electron chi connectivity index (χ3n) is 4.57. The third-order valence-corrected chi connectivity index (χ3v) is 4.57. The summed E-state index contributed by atoms with van der Waals surface area (Å²) in [4.78, 5) is 26.6. The van der Waals surface area contributed by atoms with Gasteiger partial charge in [-0.05, 0) is 55.0 Å². The minimum absolute atomic E-state index is 0.0111. The number of fused-ring (bicyclic) bond motifs is 1. The highest BCUT2D eigenvalue weighted by molar-refractivity contribution is 6.10. The molecule has 1 N–H and O–H groups in total. The fraction of sp³-hybridized carbons (Fsp3) is 0.0909. The molecule has 4 heteroatoms. The first-order valence-electron chi connectivity index (χ1n) is 8.50. The zero-order valence-electron chi connectivity index (χ0n) is 14.4. The van der Waals surface area contributed by atoms with Crippen LogP contribution in [0.2, 0.25) is 0 Å². The van der Waals surface area contributed by atoms with Gasteiger partial charge in [0.1, 0.15) is 0 Å². The van der Waals surface area contributed by atoms with Crippen molar-refractivity contribution in [3.8, 4) is 0 Å². The van der Waals surface area contributed by atoms with Crippen LogP contribution in [0.3, 0.4) is 0 Å². The van der Waals surface area contributed by atoms with Gasteiger partial charge in [0.05, 0.1) is 6.54 Å². The molecule has 0 bridgehead atoms. The summed E-state index contributed by atoms with van der Waals surface area (Å²) in [6.45, 7) is 2.56. The van der Waals surface area contributed by atoms with E-state index in [1.807, 2.05) is 67.6 Å². The Morgan fingerprint density at radius 3 is 2.31 bits per heavy atom. The van der Waals surface area contributed by atoms with Gasteiger partial charge in [0.2, 0.25) is 0 Å². The molecule has 0 fully saturated rings. The Balaban J connectivity index is 1.48. The predicted molar refractivity (Wildman–Crippen MR) is 103 cm³/mol. The largest absolute Gasteiger partial charge is 0.322 e. The molecule has 3 aromatic rings. The molecule has 0 unspecified atom stereocenters. The number of anilines is 2. The number of hydrogen-bond acceptors (Lipinski definition) is 2. The van der Waals surface area contributed by atoms with E-state index in [1.54, 1.807) is 17.0 Å². The lowest BCUT2D eigenvalue weighted by molar-refractivity contribution is 0.0994. The summed E-state index contributed by atoms with van der Waals surface area (Å²) in [6.07, 6.45) is 0. The maximum absolute atomic E-state index is 12.5. The van der Waals surface area contributed by atoms with Crippen LogP contribution in [0.1, 0.15) is 31.8 Å². The number of carbonyl (C=O) groups is 2. The van der Waals surface area contributed by atoms with Crippen molar-refractivity contribution in [1.82, 2.24) is 0 Å². The van der Waals surface area contributed by atoms with Gasteiger partial charge in [-0.3, -0.25) is 9.59 Å². The minimum atomic E-state index is -0.151. The monoisotopic (exact) mass is 342 g/mol. The molecule has 3 aromatic carbocycles. The van der Waals surface area contributed by atoms with Crippen molar-refractivity contribution in [3.05, 3.63) is 95.1 Å². The van der Waals surface area contributed by atoms with E-state index in [1.165, 1.54) is 0 Å². The standard InChI is InChI=1S/C22H18N2O2/c1-15-6-8-16(9-7-15)21(25)23-18-10-12-19(13-11-18)24-14-17-4-2-3-5-20(17)22(24)26/h2-13H,14H2,1H3,(H,23,25). The molecule has 0 atom stereocenters. The molecular formula is C22H18N2O2. The zero-order chi connectivity index (χ0) is 18.1. The quantitative estimate of drug-likeness (QED) is 0.766. The van der Waals surface area contributed by atoms with Crippen LogP contribution >= 0.6 is 0 Å². The van der Waals surface area contributed by atoms with Crippen molar-refractivity contribution in [3.63, 3.8) is 0 Å². The fourth-order valence-electron chi connectivity index (χ4n) is 3.10. The third kappa shape index (κ3) is 2.97. The van der Waals surface area contributed by atoms with E-state index in [2.05, 4.69) is 5.32 Å². The molecule has 128 valence electrons. The van der Waals surface area contributed by atoms with Gasteiger partial charge in [0.15, 0.2) is 0 Å². The highest BCUT2D eigenvalue weighted by Gasteiger charge is 2.27. The Kier molecular flexibility index (Phi) is 4.01. The molecule has 26 heavy (non-hydrogen) atoms. The first-order valence-corrected chi connectivity index (χ1v) is 8.50. The van der Waals surface area contributed by atoms with E-state index >= 15 is 0 Å². The van der Waals surface area contributed by atoms with Crippen LogP contribution < -0.4 is 10.2 Å². The van der Waals surface area contributed by atoms with Gasteiger partial charge in [-0.1, -0.05) is 35.9 Å². The summed E-state index contributed by atoms with van der Waals surface area (Å²) in [5.74, 6) is -0.139. The number of nitrogens with zero attached hydrogens (tertiary/aromatic N) is 1. The zero-order valence-corrected chi connectivity index (χ0v) is 14.4. The van der Waals surface area contributed by atoms with Gasteiger partial charge >= 0.3 is 0 Å². The molecule has 0 saturated carbocycles. The highest BCUT2D eigenvalue weighted by atomic mass is 16.2. The molecule has 0 aliphatic carbocycles. The lowest BCUT2D eigenvalue weighted by atomic mass is 10.1. The van der Waals surface area contributed by atoms with E-state index in [9.17, 15) is 9.59 Å². The highest BCUT2D eigenvalue weighted by Crippen LogP contribution is 2.29. The van der Waals surface area contributed by atoms with Crippen LogP contribution in [0.5, 0.6) is 0 Å². The molecule has 0 saturated heterocycles. The van der Waals surface area contributed by atoms with Gasteiger partial charge in [-0.2, -0.15) is 0 Å². The SMILES string of the molecule is Cc1ccc(C(=O)Nc2ccc(N3Cc4ccccc4C3=O)cc2)cc1. The van der Waals surface area contributed by atoms with E-state index in [-0.39, 0.29) is 11.8 Å². The number of amides is 2. The summed E-state index contributed by atoms with van der Waals surface area (Å²) < 4.78 is 0. The summed E-state index contributed by atoms with van der Waals surface area (Å²) >= 11 is 0. The Morgan fingerprint density at radius 2 is 1.62 bits per heavy atom. The summed E-state index contributed by atoms with van der Waals surface area (Å²) in [5.41, 5.74) is 5.04. The van der Waals surface area contributed by atoms with Crippen molar-refractivity contribution in [2.45, 2.75) is 13.5 Å². The van der Waals surface area contributed by atoms with Crippen LogP contribution in [0.25, 0.3) is 0 Å². The Morgan fingerprint density at radius 1 is 0.923 bits per heavy atom. The first kappa shape index (κ1) is 16.1. The topological polar surface area (TPSA) is 49.4 Å². The van der Waals surface area contributed by atoms with Crippen LogP contribution in [0, 0.1) is 6.92 Å². The van der Waals surface area contributed by atoms with Crippen molar-refractivity contribution >= 4 is 23.2 Å². The Bertz CT molecular complexity index is 976. The molecule has 1 heterocycles. The molecule has 1 aliphatic rings. The van der Waals surface area contributed by atoms with Crippen LogP contribution in [-0.2, 0) is 6.54 Å². The minimum Gasteiger partial charge on any atom is -0.322 e. The number of nitrogens with one attached hydrogen (secondary N) is 1. The molecule has 0 spiro atoms. The summed E-state index contributed by atoms with van der Waals surface area (Å²) in [7, 11) is 0. The second-order valence-corrected chi connectivity index (χ2v) is 6.42. The molecule has 2 amide bonds. The van der Waals surface area contributed by atoms with Gasteiger partial charge in [-0.15, -0.1) is 0 Å². The molecule has 4 rings (SSSR count). The number of aryl methyl sites for hydroxylation is 1. The van der Waals surface area contributed by atoms with Gasteiger partial charge in [0, 0.05) is 22.5 Å². The van der Waals surface area contributed by atoms with Gasteiger partial charge in [0.25, 0.3) is 11.8 Å². The lowest BCUT2D eigenvalue weighted by Crippen LogP contribution is -2.22. The first-order chi connectivity index (χ1) is 12.6. The summed E-state index contributed by atoms with van der Waals surface area (Å²) in [6, 6.07) is 22.4. The lowest BCUT2D eigenvalue weighted by Gasteiger charge is -2.16. The molecule has 0 radical (unpaired) electrons. The molecule has 0 aromatic heterocycles. The van der Waals surface area contributed by atoms with Gasteiger partial charge < -0.3 is 10.2 Å². The van der Waals surface area contributed by atoms with E-state index in [4.69, 9.17) is 0 Å². The van der Waals surface area contributed by atoms with Crippen molar-refractivity contribution in [2.75, 3.05) is 10.2 Å². The van der Waals surface area contributed by atoms with E-state index in [0.717, 1.165) is 22.4 Å². The van der Waals surface area contributed by atoms with Crippen LogP contribution in [0.4, 0.5) is 11.4 Å². The average molecular weight is 342 g/mol. The molecule has 1 aliphatic heterocycles. The number of hydrogen-bond donors (Lipinski definition) is 1. The normalized spacial score (nSPS) is 12.8. The maximum Gasteiger partial charge on any atom is 0.258 e. The Hall–Kier alpha value is -3.40. The van der Waals surface area contributed by atoms with Crippen molar-refractivity contribution in [1.29, 1.82) is 0 Å². The molecular weight excluding hydrogens is 324 g/mol. The van der Waals surface area contributed by atoms with Crippen molar-refractivity contribution in [2.24, 2.45) is 0 Å².